The topological polar surface area (TPSA) is 65.1 Å². The summed E-state index contributed by atoms with van der Waals surface area (Å²) in [6.07, 6.45) is 0.881. The number of nitrogens with zero attached hydrogens (tertiary/aromatic N) is 3. The number of carbonyl (C=O) groups is 2. The summed E-state index contributed by atoms with van der Waals surface area (Å²) in [4.78, 5) is 32.0. The molecule has 1 fully saturated rings. The van der Waals surface area contributed by atoms with Crippen LogP contribution in [0.2, 0.25) is 0 Å². The van der Waals surface area contributed by atoms with Crippen LogP contribution in [0.4, 0.5) is 5.69 Å². The average molecular weight is 453 g/mol. The largest absolute Gasteiger partial charge is 0.497 e. The molecule has 2 amide bonds. The van der Waals surface area contributed by atoms with E-state index in [-0.39, 0.29) is 24.4 Å². The number of amides is 2. The minimum absolute atomic E-state index is 0.0897. The first-order chi connectivity index (χ1) is 16.0. The van der Waals surface area contributed by atoms with Crippen LogP contribution in [0, 0.1) is 0 Å². The molecule has 3 rings (SSSR count). The molecule has 2 aromatic carbocycles. The van der Waals surface area contributed by atoms with Crippen LogP contribution in [0.3, 0.4) is 0 Å². The van der Waals surface area contributed by atoms with Crippen LogP contribution in [0.5, 0.6) is 5.75 Å². The number of anilines is 1. The van der Waals surface area contributed by atoms with E-state index in [2.05, 4.69) is 29.3 Å². The summed E-state index contributed by atoms with van der Waals surface area (Å²) in [6, 6.07) is 17.2. The van der Waals surface area contributed by atoms with Gasteiger partial charge in [-0.2, -0.15) is 0 Å². The van der Waals surface area contributed by atoms with E-state index in [0.29, 0.717) is 19.6 Å². The van der Waals surface area contributed by atoms with Crippen LogP contribution in [0.1, 0.15) is 25.8 Å². The van der Waals surface area contributed by atoms with Crippen LogP contribution < -0.4 is 10.1 Å². The second kappa shape index (κ2) is 12.4. The smallest absolute Gasteiger partial charge is 0.241 e. The Morgan fingerprint density at radius 3 is 2.30 bits per heavy atom. The van der Waals surface area contributed by atoms with Gasteiger partial charge in [0.05, 0.1) is 19.7 Å². The van der Waals surface area contributed by atoms with Gasteiger partial charge in [-0.25, -0.2) is 0 Å². The Morgan fingerprint density at radius 1 is 1.03 bits per heavy atom. The van der Waals surface area contributed by atoms with Crippen LogP contribution in [-0.4, -0.2) is 78.9 Å². The predicted octanol–water partition coefficient (Wildman–Crippen LogP) is 3.08. The Labute approximate surface area is 197 Å². The number of carbonyl (C=O) groups excluding carboxylic acids is 2. The highest BCUT2D eigenvalue weighted by Crippen LogP contribution is 2.15. The van der Waals surface area contributed by atoms with E-state index in [9.17, 15) is 9.59 Å². The van der Waals surface area contributed by atoms with Gasteiger partial charge in [0.1, 0.15) is 5.75 Å². The number of hydrogen-bond acceptors (Lipinski definition) is 5. The third kappa shape index (κ3) is 7.30. The molecule has 0 aliphatic carbocycles. The van der Waals surface area contributed by atoms with Gasteiger partial charge in [0.2, 0.25) is 11.8 Å². The third-order valence-electron chi connectivity index (χ3n) is 6.11. The molecule has 33 heavy (non-hydrogen) atoms. The highest BCUT2D eigenvalue weighted by Gasteiger charge is 2.27. The van der Waals surface area contributed by atoms with Crippen molar-refractivity contribution in [2.24, 2.45) is 0 Å². The van der Waals surface area contributed by atoms with Crippen molar-refractivity contribution in [1.29, 1.82) is 0 Å². The summed E-state index contributed by atoms with van der Waals surface area (Å²) in [6.45, 7) is 8.86. The maximum absolute atomic E-state index is 13.0. The van der Waals surface area contributed by atoms with E-state index < -0.39 is 0 Å². The van der Waals surface area contributed by atoms with Crippen LogP contribution in [0.15, 0.2) is 54.6 Å². The van der Waals surface area contributed by atoms with Crippen molar-refractivity contribution in [2.45, 2.75) is 32.9 Å². The van der Waals surface area contributed by atoms with E-state index >= 15 is 0 Å². The standard InChI is InChI=1S/C26H36N4O3/c1-4-14-30(21(2)26(32)27-23-8-6-5-7-9-23)20-25(31)29-17-15-28(16-18-29)19-22-10-12-24(33-3)13-11-22/h5-13,21H,4,14-20H2,1-3H3,(H,27,32). The SMILES string of the molecule is CCCN(CC(=O)N1CCN(Cc2ccc(OC)cc2)CC1)C(C)C(=O)Nc1ccccc1. The summed E-state index contributed by atoms with van der Waals surface area (Å²) in [7, 11) is 1.67. The van der Waals surface area contributed by atoms with Crippen molar-refractivity contribution in [3.05, 3.63) is 60.2 Å². The van der Waals surface area contributed by atoms with Gasteiger partial charge in [0.15, 0.2) is 0 Å². The summed E-state index contributed by atoms with van der Waals surface area (Å²) in [5, 5.41) is 2.95. The maximum Gasteiger partial charge on any atom is 0.241 e. The number of rotatable bonds is 10. The van der Waals surface area contributed by atoms with Gasteiger partial charge in [-0.1, -0.05) is 37.3 Å². The van der Waals surface area contributed by atoms with E-state index in [4.69, 9.17) is 4.74 Å². The van der Waals surface area contributed by atoms with Gasteiger partial charge in [0.25, 0.3) is 0 Å². The summed E-state index contributed by atoms with van der Waals surface area (Å²) >= 11 is 0. The van der Waals surface area contributed by atoms with Crippen molar-refractivity contribution < 1.29 is 14.3 Å². The lowest BCUT2D eigenvalue weighted by atomic mass is 10.2. The zero-order valence-electron chi connectivity index (χ0n) is 20.0. The lowest BCUT2D eigenvalue weighted by Crippen LogP contribution is -2.53. The minimum Gasteiger partial charge on any atom is -0.497 e. The quantitative estimate of drug-likeness (QED) is 0.600. The van der Waals surface area contributed by atoms with Crippen molar-refractivity contribution in [2.75, 3.05) is 51.7 Å². The highest BCUT2D eigenvalue weighted by atomic mass is 16.5. The van der Waals surface area contributed by atoms with Crippen molar-refractivity contribution in [1.82, 2.24) is 14.7 Å². The molecule has 0 saturated carbocycles. The van der Waals surface area contributed by atoms with Crippen molar-refractivity contribution >= 4 is 17.5 Å². The first kappa shape index (κ1) is 24.7. The number of methoxy groups -OCH3 is 1. The molecular formula is C26H36N4O3. The fraction of sp³-hybridized carbons (Fsp3) is 0.462. The molecule has 0 spiro atoms. The second-order valence-corrected chi connectivity index (χ2v) is 8.51. The average Bonchev–Trinajstić information content (AvgIpc) is 2.84. The number of piperazine rings is 1. The fourth-order valence-electron chi connectivity index (χ4n) is 4.05. The number of para-hydroxylation sites is 1. The zero-order chi connectivity index (χ0) is 23.6. The Hall–Kier alpha value is -2.90. The first-order valence-corrected chi connectivity index (χ1v) is 11.7. The van der Waals surface area contributed by atoms with E-state index in [0.717, 1.165) is 37.5 Å². The van der Waals surface area contributed by atoms with E-state index in [1.165, 1.54) is 5.56 Å². The summed E-state index contributed by atoms with van der Waals surface area (Å²) in [5.74, 6) is 0.858. The third-order valence-corrected chi connectivity index (χ3v) is 6.11. The van der Waals surface area contributed by atoms with Gasteiger partial charge in [-0.3, -0.25) is 19.4 Å². The normalized spacial score (nSPS) is 15.3. The Morgan fingerprint density at radius 2 is 1.70 bits per heavy atom. The van der Waals surface area contributed by atoms with Crippen LogP contribution >= 0.6 is 0 Å². The first-order valence-electron chi connectivity index (χ1n) is 11.7. The zero-order valence-corrected chi connectivity index (χ0v) is 20.0. The second-order valence-electron chi connectivity index (χ2n) is 8.51. The lowest BCUT2D eigenvalue weighted by molar-refractivity contribution is -0.135. The lowest BCUT2D eigenvalue weighted by Gasteiger charge is -2.36. The maximum atomic E-state index is 13.0. The molecular weight excluding hydrogens is 416 g/mol. The molecule has 178 valence electrons. The Bertz CT molecular complexity index is 880. The van der Waals surface area contributed by atoms with E-state index in [1.54, 1.807) is 7.11 Å². The molecule has 0 aromatic heterocycles. The molecule has 2 aromatic rings. The molecule has 0 bridgehead atoms. The molecule has 7 heteroatoms. The van der Waals surface area contributed by atoms with Gasteiger partial charge >= 0.3 is 0 Å². The highest BCUT2D eigenvalue weighted by molar-refractivity contribution is 5.94. The van der Waals surface area contributed by atoms with Crippen molar-refractivity contribution in [3.8, 4) is 5.75 Å². The van der Waals surface area contributed by atoms with Crippen molar-refractivity contribution in [3.63, 3.8) is 0 Å². The molecule has 1 aliphatic heterocycles. The molecule has 7 nitrogen and oxygen atoms in total. The molecule has 1 unspecified atom stereocenters. The molecule has 1 saturated heterocycles. The predicted molar refractivity (Wildman–Crippen MR) is 131 cm³/mol. The number of nitrogens with one attached hydrogen (secondary N) is 1. The van der Waals surface area contributed by atoms with Gasteiger partial charge in [0, 0.05) is 38.4 Å². The van der Waals surface area contributed by atoms with Gasteiger partial charge in [-0.05, 0) is 49.7 Å². The number of benzene rings is 2. The Balaban J connectivity index is 1.49. The van der Waals surface area contributed by atoms with Crippen LogP contribution in [0.25, 0.3) is 0 Å². The number of ether oxygens (including phenoxy) is 1. The number of hydrogen-bond donors (Lipinski definition) is 1. The molecule has 0 radical (unpaired) electrons. The van der Waals surface area contributed by atoms with Gasteiger partial charge < -0.3 is 15.0 Å². The fourth-order valence-corrected chi connectivity index (χ4v) is 4.05. The minimum atomic E-state index is -0.384. The molecule has 1 heterocycles. The van der Waals surface area contributed by atoms with E-state index in [1.807, 2.05) is 59.2 Å². The van der Waals surface area contributed by atoms with Crippen LogP contribution in [-0.2, 0) is 16.1 Å². The molecule has 1 aliphatic rings. The monoisotopic (exact) mass is 452 g/mol. The summed E-state index contributed by atoms with van der Waals surface area (Å²) in [5.41, 5.74) is 2.01. The molecule has 1 atom stereocenters. The van der Waals surface area contributed by atoms with Gasteiger partial charge in [-0.15, -0.1) is 0 Å². The summed E-state index contributed by atoms with van der Waals surface area (Å²) < 4.78 is 5.22. The Kier molecular flexibility index (Phi) is 9.27. The molecule has 1 N–H and O–H groups in total.